The van der Waals surface area contributed by atoms with E-state index in [0.29, 0.717) is 28.4 Å². The van der Waals surface area contributed by atoms with Crippen LogP contribution in [0.2, 0.25) is 0 Å². The molecule has 0 spiro atoms. The second-order valence-corrected chi connectivity index (χ2v) is 6.36. The molecule has 22 heavy (non-hydrogen) atoms. The van der Waals surface area contributed by atoms with Gasteiger partial charge in [0, 0.05) is 18.0 Å². The zero-order valence-corrected chi connectivity index (χ0v) is 13.0. The van der Waals surface area contributed by atoms with Crippen molar-refractivity contribution in [2.75, 3.05) is 6.54 Å². The SMILES string of the molecule is CC(C)CCN(C(=O)c1n[nH]c(=O)c2ccccc12)C1CC1. The summed E-state index contributed by atoms with van der Waals surface area (Å²) in [4.78, 5) is 26.7. The van der Waals surface area contributed by atoms with E-state index >= 15 is 0 Å². The third-order valence-corrected chi connectivity index (χ3v) is 4.09. The van der Waals surface area contributed by atoms with E-state index in [1.807, 2.05) is 11.0 Å². The van der Waals surface area contributed by atoms with Gasteiger partial charge >= 0.3 is 0 Å². The van der Waals surface area contributed by atoms with Crippen LogP contribution in [0.5, 0.6) is 0 Å². The lowest BCUT2D eigenvalue weighted by atomic mass is 10.1. The molecule has 2 aromatic rings. The predicted octanol–water partition coefficient (Wildman–Crippen LogP) is 2.57. The molecule has 1 aromatic carbocycles. The van der Waals surface area contributed by atoms with E-state index < -0.39 is 0 Å². The van der Waals surface area contributed by atoms with Crippen LogP contribution in [0.25, 0.3) is 10.8 Å². The number of hydrogen-bond donors (Lipinski definition) is 1. The number of nitrogens with one attached hydrogen (secondary N) is 1. The summed E-state index contributed by atoms with van der Waals surface area (Å²) >= 11 is 0. The zero-order valence-electron chi connectivity index (χ0n) is 13.0. The van der Waals surface area contributed by atoms with Crippen molar-refractivity contribution in [3.8, 4) is 0 Å². The maximum atomic E-state index is 12.9. The third-order valence-electron chi connectivity index (χ3n) is 4.09. The molecule has 1 fully saturated rings. The van der Waals surface area contributed by atoms with Crippen molar-refractivity contribution in [1.82, 2.24) is 15.1 Å². The molecule has 3 rings (SSSR count). The fourth-order valence-corrected chi connectivity index (χ4v) is 2.65. The van der Waals surface area contributed by atoms with E-state index in [-0.39, 0.29) is 11.5 Å². The van der Waals surface area contributed by atoms with Crippen molar-refractivity contribution >= 4 is 16.7 Å². The number of H-pyrrole nitrogens is 1. The zero-order chi connectivity index (χ0) is 15.7. The van der Waals surface area contributed by atoms with Crippen molar-refractivity contribution in [3.63, 3.8) is 0 Å². The van der Waals surface area contributed by atoms with E-state index in [0.717, 1.165) is 25.8 Å². The number of rotatable bonds is 5. The summed E-state index contributed by atoms with van der Waals surface area (Å²) < 4.78 is 0. The van der Waals surface area contributed by atoms with Crippen LogP contribution in [0, 0.1) is 5.92 Å². The van der Waals surface area contributed by atoms with Gasteiger partial charge < -0.3 is 4.90 Å². The highest BCUT2D eigenvalue weighted by Crippen LogP contribution is 2.29. The van der Waals surface area contributed by atoms with E-state index in [1.54, 1.807) is 18.2 Å². The number of fused-ring (bicyclic) bond motifs is 1. The van der Waals surface area contributed by atoms with E-state index in [2.05, 4.69) is 24.0 Å². The Labute approximate surface area is 129 Å². The average molecular weight is 299 g/mol. The number of aromatic amines is 1. The van der Waals surface area contributed by atoms with Gasteiger partial charge in [0.05, 0.1) is 5.39 Å². The van der Waals surface area contributed by atoms with Crippen LogP contribution in [0.4, 0.5) is 0 Å². The molecule has 1 aliphatic rings. The molecule has 5 heteroatoms. The van der Waals surface area contributed by atoms with Crippen molar-refractivity contribution in [1.29, 1.82) is 0 Å². The van der Waals surface area contributed by atoms with Gasteiger partial charge in [0.2, 0.25) is 0 Å². The normalized spacial score (nSPS) is 14.5. The number of amides is 1. The molecule has 0 atom stereocenters. The van der Waals surface area contributed by atoms with E-state index in [9.17, 15) is 9.59 Å². The minimum absolute atomic E-state index is 0.0735. The maximum absolute atomic E-state index is 12.9. The molecule has 1 aromatic heterocycles. The lowest BCUT2D eigenvalue weighted by Crippen LogP contribution is -2.36. The van der Waals surface area contributed by atoms with Gasteiger partial charge in [-0.15, -0.1) is 0 Å². The fourth-order valence-electron chi connectivity index (χ4n) is 2.65. The van der Waals surface area contributed by atoms with Crippen LogP contribution < -0.4 is 5.56 Å². The van der Waals surface area contributed by atoms with E-state index in [1.165, 1.54) is 0 Å². The summed E-state index contributed by atoms with van der Waals surface area (Å²) in [5.74, 6) is 0.477. The highest BCUT2D eigenvalue weighted by molar-refractivity contribution is 6.04. The Bertz CT molecular complexity index is 747. The van der Waals surface area contributed by atoms with Gasteiger partial charge in [0.1, 0.15) is 0 Å². The Hall–Kier alpha value is -2.17. The second-order valence-electron chi connectivity index (χ2n) is 6.36. The van der Waals surface area contributed by atoms with Crippen molar-refractivity contribution < 1.29 is 4.79 Å². The number of hydrogen-bond acceptors (Lipinski definition) is 3. The monoisotopic (exact) mass is 299 g/mol. The quantitative estimate of drug-likeness (QED) is 0.922. The first-order valence-electron chi connectivity index (χ1n) is 7.86. The molecule has 116 valence electrons. The Morgan fingerprint density at radius 2 is 2.00 bits per heavy atom. The molecule has 0 radical (unpaired) electrons. The largest absolute Gasteiger partial charge is 0.334 e. The van der Waals surface area contributed by atoms with Crippen molar-refractivity contribution in [3.05, 3.63) is 40.3 Å². The lowest BCUT2D eigenvalue weighted by molar-refractivity contribution is 0.0730. The first-order valence-corrected chi connectivity index (χ1v) is 7.86. The van der Waals surface area contributed by atoms with Crippen LogP contribution in [0.15, 0.2) is 29.1 Å². The number of benzene rings is 1. The summed E-state index contributed by atoms with van der Waals surface area (Å²) in [6, 6.07) is 7.47. The molecule has 1 aliphatic carbocycles. The minimum Gasteiger partial charge on any atom is -0.334 e. The molecule has 0 bridgehead atoms. The third kappa shape index (κ3) is 2.89. The highest BCUT2D eigenvalue weighted by Gasteiger charge is 2.34. The van der Waals surface area contributed by atoms with Crippen LogP contribution in [-0.2, 0) is 0 Å². The molecule has 1 saturated carbocycles. The van der Waals surface area contributed by atoms with Crippen LogP contribution >= 0.6 is 0 Å². The van der Waals surface area contributed by atoms with Crippen LogP contribution in [-0.4, -0.2) is 33.6 Å². The summed E-state index contributed by atoms with van der Waals surface area (Å²) in [5, 5.41) is 7.63. The average Bonchev–Trinajstić information content (AvgIpc) is 3.32. The number of carbonyl (C=O) groups excluding carboxylic acids is 1. The molecular weight excluding hydrogens is 278 g/mol. The standard InChI is InChI=1S/C17H21N3O2/c1-11(2)9-10-20(12-7-8-12)17(22)15-13-5-3-4-6-14(13)16(21)19-18-15/h3-6,11-12H,7-10H2,1-2H3,(H,19,21). The second kappa shape index (κ2) is 5.91. The fraction of sp³-hybridized carbons (Fsp3) is 0.471. The van der Waals surface area contributed by atoms with Gasteiger partial charge in [-0.2, -0.15) is 5.10 Å². The van der Waals surface area contributed by atoms with Gasteiger partial charge in [-0.05, 0) is 31.2 Å². The van der Waals surface area contributed by atoms with Gasteiger partial charge in [-0.1, -0.05) is 32.0 Å². The van der Waals surface area contributed by atoms with Gasteiger partial charge in [-0.25, -0.2) is 5.10 Å². The lowest BCUT2D eigenvalue weighted by Gasteiger charge is -2.23. The molecule has 1 amide bonds. The Balaban J connectivity index is 1.96. The molecule has 1 N–H and O–H groups in total. The number of carbonyl (C=O) groups is 1. The topological polar surface area (TPSA) is 66.1 Å². The molecule has 0 unspecified atom stereocenters. The first kappa shape index (κ1) is 14.8. The molecule has 0 saturated heterocycles. The molecule has 1 heterocycles. The number of aromatic nitrogens is 2. The van der Waals surface area contributed by atoms with Gasteiger partial charge in [0.25, 0.3) is 11.5 Å². The van der Waals surface area contributed by atoms with E-state index in [4.69, 9.17) is 0 Å². The first-order chi connectivity index (χ1) is 10.6. The molecule has 5 nitrogen and oxygen atoms in total. The summed E-state index contributed by atoms with van der Waals surface area (Å²) in [6.07, 6.45) is 3.10. The smallest absolute Gasteiger partial charge is 0.275 e. The summed E-state index contributed by atoms with van der Waals surface area (Å²) in [7, 11) is 0. The van der Waals surface area contributed by atoms with Crippen molar-refractivity contribution in [2.45, 2.75) is 39.2 Å². The Morgan fingerprint density at radius 1 is 1.32 bits per heavy atom. The minimum atomic E-state index is -0.257. The number of nitrogens with zero attached hydrogens (tertiary/aromatic N) is 2. The maximum Gasteiger partial charge on any atom is 0.275 e. The molecule has 0 aliphatic heterocycles. The highest BCUT2D eigenvalue weighted by atomic mass is 16.2. The Kier molecular flexibility index (Phi) is 3.96. The summed E-state index contributed by atoms with van der Waals surface area (Å²) in [6.45, 7) is 5.06. The predicted molar refractivity (Wildman–Crippen MR) is 85.9 cm³/mol. The van der Waals surface area contributed by atoms with Crippen LogP contribution in [0.1, 0.15) is 43.6 Å². The van der Waals surface area contributed by atoms with Gasteiger partial charge in [0.15, 0.2) is 5.69 Å². The van der Waals surface area contributed by atoms with Crippen molar-refractivity contribution in [2.24, 2.45) is 5.92 Å². The Morgan fingerprint density at radius 3 is 2.64 bits per heavy atom. The van der Waals surface area contributed by atoms with Crippen LogP contribution in [0.3, 0.4) is 0 Å². The van der Waals surface area contributed by atoms with Gasteiger partial charge in [-0.3, -0.25) is 9.59 Å². The molecular formula is C17H21N3O2. The summed E-state index contributed by atoms with van der Waals surface area (Å²) in [5.41, 5.74) is 0.0955.